The number of imidazole rings is 1. The second kappa shape index (κ2) is 31.3. The van der Waals surface area contributed by atoms with Gasteiger partial charge in [-0.2, -0.15) is 0 Å². The molecule has 0 radical (unpaired) electrons. The van der Waals surface area contributed by atoms with Crippen molar-refractivity contribution < 1.29 is 118 Å². The van der Waals surface area contributed by atoms with Gasteiger partial charge >= 0.3 is 45.5 Å². The van der Waals surface area contributed by atoms with E-state index in [0.29, 0.717) is 12.2 Å². The Hall–Kier alpha value is -1.25. The van der Waals surface area contributed by atoms with Crippen molar-refractivity contribution in [2.24, 2.45) is 5.41 Å². The third-order valence-electron chi connectivity index (χ3n) is 10.2. The summed E-state index contributed by atoms with van der Waals surface area (Å²) in [5, 5.41) is 26.5. The predicted molar refractivity (Wildman–Crippen MR) is 233 cm³/mol. The fourth-order valence-electron chi connectivity index (χ4n) is 6.64. The monoisotopic (exact) mass is 1020 g/mol. The molecule has 372 valence electrons. The van der Waals surface area contributed by atoms with E-state index in [2.05, 4.69) is 50.4 Å². The Morgan fingerprint density at radius 2 is 1.48 bits per heavy atom. The number of unbranched alkanes of at least 4 members (excludes halogenated alkanes) is 12. The first-order chi connectivity index (χ1) is 30.6. The number of aromatic nitrogens is 4. The van der Waals surface area contributed by atoms with Gasteiger partial charge in [0, 0.05) is 37.1 Å². The number of phosphoric acid groups is 3. The van der Waals surface area contributed by atoms with Gasteiger partial charge in [-0.15, -0.1) is 0 Å². The number of aliphatic hydroxyl groups is 2. The van der Waals surface area contributed by atoms with Gasteiger partial charge in [-0.05, 0) is 6.42 Å². The number of ether oxygens (including phenoxy) is 1. The summed E-state index contributed by atoms with van der Waals surface area (Å²) < 4.78 is 61.4. The van der Waals surface area contributed by atoms with Gasteiger partial charge in [-0.3, -0.25) is 32.6 Å². The molecular formula is C37H64Li2N7O17P3S. The number of carbonyl (C=O) groups excluding carboxylic acids is 3. The molecule has 0 aromatic carbocycles. The molecule has 2 aromatic rings. The van der Waals surface area contributed by atoms with Crippen LogP contribution in [0.25, 0.3) is 11.2 Å². The maximum absolute atomic E-state index is 12.6. The molecule has 1 aliphatic heterocycles. The van der Waals surface area contributed by atoms with Crippen LogP contribution in [0.3, 0.4) is 0 Å². The maximum atomic E-state index is 12.6. The number of anilines is 1. The average Bonchev–Trinajstić information content (AvgIpc) is 3.79. The molecule has 0 bridgehead atoms. The molecule has 2 aromatic heterocycles. The third-order valence-corrected chi connectivity index (χ3v) is 14.2. The topological polar surface area (TPSA) is 369 Å². The van der Waals surface area contributed by atoms with Gasteiger partial charge in [0.2, 0.25) is 11.8 Å². The van der Waals surface area contributed by atoms with Gasteiger partial charge in [0.05, 0.1) is 19.5 Å². The Bertz CT molecular complexity index is 1970. The summed E-state index contributed by atoms with van der Waals surface area (Å²) in [7, 11) is -17.0. The number of nitrogens with one attached hydrogen (secondary N) is 2. The van der Waals surface area contributed by atoms with Gasteiger partial charge in [0.25, 0.3) is 15.6 Å². The van der Waals surface area contributed by atoms with Crippen LogP contribution < -0.4 is 63.9 Å². The summed E-state index contributed by atoms with van der Waals surface area (Å²) >= 11 is 1.15. The fourth-order valence-corrected chi connectivity index (χ4v) is 10.1. The molecule has 8 N–H and O–H groups in total. The average molecular weight is 1020 g/mol. The number of thioether (sulfide) groups is 1. The van der Waals surface area contributed by atoms with E-state index in [4.69, 9.17) is 10.5 Å². The van der Waals surface area contributed by atoms with E-state index in [1.54, 1.807) is 0 Å². The fraction of sp³-hybridized carbons (Fsp3) is 0.784. The number of fused-ring (bicyclic) bond motifs is 1. The number of nitrogens with zero attached hydrogens (tertiary/aromatic N) is 4. The molecule has 1 fully saturated rings. The van der Waals surface area contributed by atoms with Crippen LogP contribution in [0.1, 0.15) is 123 Å². The molecule has 3 rings (SSSR count). The van der Waals surface area contributed by atoms with E-state index in [1.807, 2.05) is 0 Å². The van der Waals surface area contributed by atoms with E-state index in [9.17, 15) is 57.9 Å². The number of hydrogen-bond acceptors (Lipinski definition) is 20. The van der Waals surface area contributed by atoms with Crippen LogP contribution in [0.15, 0.2) is 12.7 Å². The summed E-state index contributed by atoms with van der Waals surface area (Å²) in [5.41, 5.74) is 4.18. The van der Waals surface area contributed by atoms with Crippen LogP contribution in [0, 0.1) is 5.41 Å². The van der Waals surface area contributed by atoms with Crippen molar-refractivity contribution in [3.8, 4) is 0 Å². The smallest absolute Gasteiger partial charge is 0.756 e. The zero-order valence-corrected chi connectivity index (χ0v) is 42.4. The van der Waals surface area contributed by atoms with Crippen LogP contribution in [0.2, 0.25) is 0 Å². The summed E-state index contributed by atoms with van der Waals surface area (Å²) in [6.45, 7) is 2.51. The number of aliphatic hydroxyl groups excluding tert-OH is 2. The minimum Gasteiger partial charge on any atom is -0.756 e. The molecule has 30 heteroatoms. The van der Waals surface area contributed by atoms with Crippen LogP contribution in [0.4, 0.5) is 5.82 Å². The minimum absolute atomic E-state index is 0. The van der Waals surface area contributed by atoms with E-state index in [-0.39, 0.29) is 79.3 Å². The predicted octanol–water partition coefficient (Wildman–Crippen LogP) is -3.11. The largest absolute Gasteiger partial charge is 1.00 e. The van der Waals surface area contributed by atoms with E-state index in [0.717, 1.165) is 48.2 Å². The SMILES string of the molecule is CCCCCCCCCCCCCCCC(=O)SCCNC(=O)CCNC(=O)C(O)C(C)(C)COP(=O)([O-])OP(=O)([O-])OCC1OC(n2cnc3c(N)ncnc32)C(O)C1OP(=O)(O)O.[Li+].[Li+]. The van der Waals surface area contributed by atoms with Crippen molar-refractivity contribution in [1.82, 2.24) is 30.2 Å². The number of nitrogens with two attached hydrogens (primary N) is 1. The normalized spacial score (nSPS) is 19.7. The van der Waals surface area contributed by atoms with Crippen molar-refractivity contribution in [3.63, 3.8) is 0 Å². The van der Waals surface area contributed by atoms with Gasteiger partial charge in [-0.25, -0.2) is 23.8 Å². The Morgan fingerprint density at radius 1 is 0.896 bits per heavy atom. The van der Waals surface area contributed by atoms with E-state index < -0.39 is 84.6 Å². The van der Waals surface area contributed by atoms with Crippen molar-refractivity contribution in [2.75, 3.05) is 37.8 Å². The second-order valence-electron chi connectivity index (χ2n) is 16.2. The van der Waals surface area contributed by atoms with E-state index in [1.165, 1.54) is 78.1 Å². The molecular weight excluding hydrogens is 953 g/mol. The Labute approximate surface area is 418 Å². The summed E-state index contributed by atoms with van der Waals surface area (Å²) in [6, 6.07) is 0. The summed E-state index contributed by atoms with van der Waals surface area (Å²) in [4.78, 5) is 92.8. The number of nitrogen functional groups attached to an aromatic ring is 1. The van der Waals surface area contributed by atoms with Gasteiger partial charge in [0.15, 0.2) is 22.8 Å². The standard InChI is InChI=1S/C37H66N7O17P3S.2Li/c1-4-5-6-7-8-9-10-11-12-13-14-15-16-17-28(46)65-21-20-39-27(45)18-19-40-35(49)32(48)37(2,3)23-58-64(55,56)61-63(53,54)57-22-26-31(60-62(50,51)52)30(47)36(59-26)44-25-43-29-33(38)41-24-42-34(29)44;;/h24-26,30-32,36,47-48H,4-23H2,1-3H3,(H,39,45)(H,40,49)(H,53,54)(H,55,56)(H2,38,41,42)(H2,50,51,52);;/q;2*+1/p-2. The maximum Gasteiger partial charge on any atom is 1.00 e. The first kappa shape index (κ1) is 63.8. The quantitative estimate of drug-likeness (QED) is 0.0211. The molecule has 0 aliphatic carbocycles. The second-order valence-corrected chi connectivity index (χ2v) is 21.5. The molecule has 3 heterocycles. The molecule has 1 aliphatic rings. The van der Waals surface area contributed by atoms with Crippen molar-refractivity contribution in [2.45, 2.75) is 148 Å². The van der Waals surface area contributed by atoms with Gasteiger partial charge in [0.1, 0.15) is 36.3 Å². The zero-order valence-electron chi connectivity index (χ0n) is 38.9. The molecule has 7 atom stereocenters. The number of rotatable bonds is 33. The Morgan fingerprint density at radius 3 is 2.07 bits per heavy atom. The van der Waals surface area contributed by atoms with Crippen molar-refractivity contribution in [1.29, 1.82) is 0 Å². The first-order valence-corrected chi connectivity index (χ1v) is 27.0. The molecule has 67 heavy (non-hydrogen) atoms. The number of carbonyl (C=O) groups is 3. The van der Waals surface area contributed by atoms with Gasteiger partial charge in [-0.1, -0.05) is 110 Å². The number of hydrogen-bond donors (Lipinski definition) is 7. The van der Waals surface area contributed by atoms with Crippen LogP contribution in [0.5, 0.6) is 0 Å². The molecule has 24 nitrogen and oxygen atoms in total. The van der Waals surface area contributed by atoms with Crippen LogP contribution in [-0.2, 0) is 50.7 Å². The third kappa shape index (κ3) is 23.7. The molecule has 2 amide bonds. The Kier molecular flexibility index (Phi) is 29.8. The molecule has 0 saturated carbocycles. The summed E-state index contributed by atoms with van der Waals surface area (Å²) in [6.07, 6.45) is 9.21. The van der Waals surface area contributed by atoms with Crippen LogP contribution >= 0.6 is 35.2 Å². The Balaban J connectivity index is 0.0000112. The molecule has 1 saturated heterocycles. The van der Waals surface area contributed by atoms with Crippen LogP contribution in [-0.4, -0.2) is 113 Å². The molecule has 7 unspecified atom stereocenters. The van der Waals surface area contributed by atoms with E-state index >= 15 is 0 Å². The van der Waals surface area contributed by atoms with Gasteiger partial charge < -0.3 is 59.9 Å². The number of amides is 2. The first-order valence-electron chi connectivity index (χ1n) is 21.6. The summed E-state index contributed by atoms with van der Waals surface area (Å²) in [5.74, 6) is -1.09. The van der Waals surface area contributed by atoms with Crippen molar-refractivity contribution >= 4 is 69.1 Å². The zero-order chi connectivity index (χ0) is 48.3. The van der Waals surface area contributed by atoms with Crippen molar-refractivity contribution in [3.05, 3.63) is 12.7 Å². The minimum atomic E-state index is -5.88. The number of phosphoric ester groups is 3. The molecule has 0 spiro atoms.